The third kappa shape index (κ3) is 4.69. The number of thiocarbonyl (C=S) groups is 1. The molecule has 0 aliphatic heterocycles. The Labute approximate surface area is 159 Å². The average molecular weight is 386 g/mol. The number of rotatable bonds is 4. The van der Waals surface area contributed by atoms with E-state index in [0.717, 1.165) is 28.6 Å². The molecule has 2 aromatic carbocycles. The molecule has 26 heavy (non-hydrogen) atoms. The number of anilines is 1. The van der Waals surface area contributed by atoms with E-state index in [4.69, 9.17) is 12.2 Å². The number of allylic oxidation sites excluding steroid dienone is 1. The number of nitriles is 1. The second-order valence-corrected chi connectivity index (χ2v) is 8.18. The molecule has 0 fully saturated rings. The van der Waals surface area contributed by atoms with Crippen molar-refractivity contribution in [2.75, 3.05) is 5.32 Å². The largest absolute Gasteiger partial charge is 0.337 e. The number of nitrogens with zero attached hydrogens (tertiary/aromatic N) is 1. The molecule has 0 aromatic heterocycles. The molecule has 2 rings (SSSR count). The number of aryl methyl sites for hydroxylation is 3. The van der Waals surface area contributed by atoms with Crippen LogP contribution in [-0.2, 0) is 9.84 Å². The van der Waals surface area contributed by atoms with Gasteiger partial charge >= 0.3 is 0 Å². The van der Waals surface area contributed by atoms with Gasteiger partial charge in [-0.2, -0.15) is 5.26 Å². The van der Waals surface area contributed by atoms with Crippen molar-refractivity contribution in [3.63, 3.8) is 0 Å². The minimum absolute atomic E-state index is 0.0611. The van der Waals surface area contributed by atoms with E-state index in [1.165, 1.54) is 12.1 Å². The number of nitrogens with one attached hydrogen (secondary N) is 2. The van der Waals surface area contributed by atoms with Crippen LogP contribution in [0.2, 0.25) is 0 Å². The Morgan fingerprint density at radius 2 is 1.69 bits per heavy atom. The second-order valence-electron chi connectivity index (χ2n) is 5.85. The van der Waals surface area contributed by atoms with Crippen molar-refractivity contribution < 1.29 is 8.42 Å². The Morgan fingerprint density at radius 3 is 2.27 bits per heavy atom. The first kappa shape index (κ1) is 19.6. The Bertz CT molecular complexity index is 1000. The maximum Gasteiger partial charge on any atom is 0.218 e. The standard InChI is InChI=1S/C19H19N3O2S2/c1-13-4-7-16(8-5-13)26(23,24)17(11-20)12-21-19(25)22-18-9-6-14(2)10-15(18)3/h4-10,12H,1-3H3,(H2,21,22,25)/b17-12-. The first-order chi connectivity index (χ1) is 12.2. The Morgan fingerprint density at radius 1 is 1.08 bits per heavy atom. The molecule has 7 heteroatoms. The minimum atomic E-state index is -3.90. The van der Waals surface area contributed by atoms with E-state index in [-0.39, 0.29) is 10.0 Å². The molecule has 2 aromatic rings. The predicted octanol–water partition coefficient (Wildman–Crippen LogP) is 3.74. The van der Waals surface area contributed by atoms with Crippen molar-refractivity contribution in [2.24, 2.45) is 0 Å². The molecule has 134 valence electrons. The number of benzene rings is 2. The molecule has 0 bridgehead atoms. The summed E-state index contributed by atoms with van der Waals surface area (Å²) < 4.78 is 25.1. The maximum atomic E-state index is 12.5. The van der Waals surface area contributed by atoms with Crippen molar-refractivity contribution >= 4 is 32.9 Å². The van der Waals surface area contributed by atoms with Crippen LogP contribution in [0.3, 0.4) is 0 Å². The molecule has 2 N–H and O–H groups in total. The molecule has 0 saturated heterocycles. The molecule has 0 aliphatic rings. The lowest BCUT2D eigenvalue weighted by Gasteiger charge is -2.11. The van der Waals surface area contributed by atoms with Crippen molar-refractivity contribution in [1.29, 1.82) is 5.26 Å². The molecule has 5 nitrogen and oxygen atoms in total. The molecule has 0 saturated carbocycles. The number of hydrogen-bond donors (Lipinski definition) is 2. The van der Waals surface area contributed by atoms with E-state index < -0.39 is 14.7 Å². The van der Waals surface area contributed by atoms with Gasteiger partial charge < -0.3 is 10.6 Å². The van der Waals surface area contributed by atoms with Crippen molar-refractivity contribution in [1.82, 2.24) is 5.32 Å². The lowest BCUT2D eigenvalue weighted by Crippen LogP contribution is -2.25. The quantitative estimate of drug-likeness (QED) is 0.616. The Hall–Kier alpha value is -2.69. The summed E-state index contributed by atoms with van der Waals surface area (Å²) in [6.45, 7) is 5.79. The third-order valence-electron chi connectivity index (χ3n) is 3.70. The summed E-state index contributed by atoms with van der Waals surface area (Å²) in [5.41, 5.74) is 3.87. The summed E-state index contributed by atoms with van der Waals surface area (Å²) in [5.74, 6) is 0. The van der Waals surface area contributed by atoms with Gasteiger partial charge in [0, 0.05) is 11.9 Å². The van der Waals surface area contributed by atoms with Gasteiger partial charge in [0.05, 0.1) is 4.90 Å². The molecular weight excluding hydrogens is 366 g/mol. The lowest BCUT2D eigenvalue weighted by molar-refractivity contribution is 0.603. The van der Waals surface area contributed by atoms with E-state index >= 15 is 0 Å². The molecular formula is C19H19N3O2S2. The molecule has 0 unspecified atom stereocenters. The molecule has 0 aliphatic carbocycles. The third-order valence-corrected chi connectivity index (χ3v) is 5.60. The van der Waals surface area contributed by atoms with E-state index in [0.29, 0.717) is 0 Å². The van der Waals surface area contributed by atoms with Crippen LogP contribution in [0, 0.1) is 32.1 Å². The van der Waals surface area contributed by atoms with Crippen LogP contribution in [0.1, 0.15) is 16.7 Å². The van der Waals surface area contributed by atoms with Gasteiger partial charge in [-0.3, -0.25) is 0 Å². The molecule has 0 radical (unpaired) electrons. The van der Waals surface area contributed by atoms with E-state index in [2.05, 4.69) is 10.6 Å². The zero-order chi connectivity index (χ0) is 19.3. The van der Waals surface area contributed by atoms with Gasteiger partial charge in [0.25, 0.3) is 0 Å². The zero-order valence-corrected chi connectivity index (χ0v) is 16.3. The molecule has 0 heterocycles. The first-order valence-electron chi connectivity index (χ1n) is 7.81. The Balaban J connectivity index is 2.17. The zero-order valence-electron chi connectivity index (χ0n) is 14.7. The normalized spacial score (nSPS) is 11.5. The van der Waals surface area contributed by atoms with Gasteiger partial charge in [0.1, 0.15) is 6.07 Å². The summed E-state index contributed by atoms with van der Waals surface area (Å²) in [4.78, 5) is -0.350. The van der Waals surface area contributed by atoms with Crippen molar-refractivity contribution in [2.45, 2.75) is 25.7 Å². The lowest BCUT2D eigenvalue weighted by atomic mass is 10.1. The monoisotopic (exact) mass is 385 g/mol. The van der Waals surface area contributed by atoms with Gasteiger partial charge in [0.15, 0.2) is 10.0 Å². The van der Waals surface area contributed by atoms with Crippen LogP contribution in [0.15, 0.2) is 58.5 Å². The van der Waals surface area contributed by atoms with Gasteiger partial charge in [-0.15, -0.1) is 0 Å². The summed E-state index contributed by atoms with van der Waals surface area (Å²) in [6, 6.07) is 13.9. The highest BCUT2D eigenvalue weighted by Crippen LogP contribution is 2.19. The summed E-state index contributed by atoms with van der Waals surface area (Å²) >= 11 is 5.18. The summed E-state index contributed by atoms with van der Waals surface area (Å²) in [6.07, 6.45) is 1.11. The van der Waals surface area contributed by atoms with Crippen LogP contribution in [0.4, 0.5) is 5.69 Å². The summed E-state index contributed by atoms with van der Waals surface area (Å²) in [5, 5.41) is 15.1. The van der Waals surface area contributed by atoms with Gasteiger partial charge in [0.2, 0.25) is 9.84 Å². The molecule has 0 spiro atoms. The van der Waals surface area contributed by atoms with Crippen LogP contribution < -0.4 is 10.6 Å². The highest BCUT2D eigenvalue weighted by molar-refractivity contribution is 7.95. The second kappa shape index (κ2) is 8.13. The first-order valence-corrected chi connectivity index (χ1v) is 9.70. The van der Waals surface area contributed by atoms with E-state index in [1.54, 1.807) is 18.2 Å². The highest BCUT2D eigenvalue weighted by Gasteiger charge is 2.20. The topological polar surface area (TPSA) is 82.0 Å². The van der Waals surface area contributed by atoms with Gasteiger partial charge in [-0.05, 0) is 56.8 Å². The van der Waals surface area contributed by atoms with Crippen molar-refractivity contribution in [3.8, 4) is 6.07 Å². The fourth-order valence-corrected chi connectivity index (χ4v) is 3.51. The van der Waals surface area contributed by atoms with Crippen LogP contribution in [0.5, 0.6) is 0 Å². The minimum Gasteiger partial charge on any atom is -0.337 e. The van der Waals surface area contributed by atoms with Crippen LogP contribution in [0.25, 0.3) is 0 Å². The molecule has 0 atom stereocenters. The average Bonchev–Trinajstić information content (AvgIpc) is 2.58. The van der Waals surface area contributed by atoms with Crippen LogP contribution >= 0.6 is 12.2 Å². The van der Waals surface area contributed by atoms with Gasteiger partial charge in [-0.25, -0.2) is 8.42 Å². The predicted molar refractivity (Wildman–Crippen MR) is 107 cm³/mol. The SMILES string of the molecule is Cc1ccc(S(=O)(=O)/C(C#N)=C\NC(=S)Nc2ccc(C)cc2C)cc1. The maximum absolute atomic E-state index is 12.5. The van der Waals surface area contributed by atoms with E-state index in [1.807, 2.05) is 39.0 Å². The fraction of sp³-hybridized carbons (Fsp3) is 0.158. The van der Waals surface area contributed by atoms with Crippen LogP contribution in [-0.4, -0.2) is 13.5 Å². The Kier molecular flexibility index (Phi) is 6.14. The smallest absolute Gasteiger partial charge is 0.218 e. The number of sulfone groups is 1. The number of hydrogen-bond acceptors (Lipinski definition) is 4. The fourth-order valence-electron chi connectivity index (χ4n) is 2.26. The summed E-state index contributed by atoms with van der Waals surface area (Å²) in [7, 11) is -3.90. The van der Waals surface area contributed by atoms with Gasteiger partial charge in [-0.1, -0.05) is 35.4 Å². The van der Waals surface area contributed by atoms with E-state index in [9.17, 15) is 13.7 Å². The molecule has 0 amide bonds. The van der Waals surface area contributed by atoms with Crippen molar-refractivity contribution in [3.05, 3.63) is 70.3 Å². The highest BCUT2D eigenvalue weighted by atomic mass is 32.2.